The van der Waals surface area contributed by atoms with Gasteiger partial charge in [-0.25, -0.2) is 0 Å². The summed E-state index contributed by atoms with van der Waals surface area (Å²) in [5.74, 6) is -4.91. The zero-order chi connectivity index (χ0) is 19.8. The molecule has 0 aliphatic heterocycles. The minimum absolute atomic E-state index is 0.0987. The number of hydroxylamine groups is 1. The van der Waals surface area contributed by atoms with Crippen molar-refractivity contribution in [3.63, 3.8) is 0 Å². The predicted molar refractivity (Wildman–Crippen MR) is 99.3 cm³/mol. The lowest BCUT2D eigenvalue weighted by atomic mass is 9.94. The van der Waals surface area contributed by atoms with Crippen molar-refractivity contribution in [3.8, 4) is 0 Å². The number of carboxylic acids is 1. The maximum atomic E-state index is 13.0. The highest BCUT2D eigenvalue weighted by Crippen LogP contribution is 2.22. The van der Waals surface area contributed by atoms with E-state index < -0.39 is 29.6 Å². The van der Waals surface area contributed by atoms with Crippen LogP contribution in [-0.4, -0.2) is 22.9 Å². The van der Waals surface area contributed by atoms with Crippen molar-refractivity contribution in [2.24, 2.45) is 17.6 Å². The van der Waals surface area contributed by atoms with Gasteiger partial charge in [-0.05, 0) is 24.1 Å². The molecule has 2 rings (SSSR count). The first-order valence-corrected chi connectivity index (χ1v) is 8.48. The lowest BCUT2D eigenvalue weighted by molar-refractivity contribution is -0.143. The molecule has 1 unspecified atom stereocenters. The van der Waals surface area contributed by atoms with E-state index in [4.69, 9.17) is 15.7 Å². The second-order valence-corrected chi connectivity index (χ2v) is 6.16. The summed E-state index contributed by atoms with van der Waals surface area (Å²) in [6.45, 7) is 1.52. The first kappa shape index (κ1) is 20.1. The number of hydrogen-bond donors (Lipinski definition) is 2. The fourth-order valence-corrected chi connectivity index (χ4v) is 2.48. The van der Waals surface area contributed by atoms with E-state index in [2.05, 4.69) is 0 Å². The topological polar surface area (TPSA) is 110 Å². The Balaban J connectivity index is 2.25. The van der Waals surface area contributed by atoms with Gasteiger partial charge in [0.25, 0.3) is 5.91 Å². The van der Waals surface area contributed by atoms with Gasteiger partial charge in [0.15, 0.2) is 0 Å². The summed E-state index contributed by atoms with van der Waals surface area (Å²) in [5.41, 5.74) is 6.63. The van der Waals surface area contributed by atoms with Gasteiger partial charge in [0.05, 0.1) is 11.6 Å². The number of carboxylic acid groups (broad SMARTS) is 1. The molecular weight excluding hydrogens is 348 g/mol. The summed E-state index contributed by atoms with van der Waals surface area (Å²) in [5, 5.41) is 10.1. The molecule has 0 saturated heterocycles. The zero-order valence-corrected chi connectivity index (χ0v) is 14.9. The van der Waals surface area contributed by atoms with Crippen molar-refractivity contribution in [3.05, 3.63) is 66.2 Å². The van der Waals surface area contributed by atoms with Crippen LogP contribution in [0.25, 0.3) is 0 Å². The molecule has 0 spiro atoms. The maximum Gasteiger partial charge on any atom is 0.306 e. The first-order chi connectivity index (χ1) is 12.9. The van der Waals surface area contributed by atoms with E-state index in [1.807, 2.05) is 30.3 Å². The highest BCUT2D eigenvalue weighted by atomic mass is 16.7. The fraction of sp³-hybridized carbons (Fsp3) is 0.250. The Morgan fingerprint density at radius 1 is 1.04 bits per heavy atom. The van der Waals surface area contributed by atoms with Gasteiger partial charge in [-0.2, -0.15) is 5.06 Å². The molecular formula is C20H22N2O5. The number of anilines is 1. The average Bonchev–Trinajstić information content (AvgIpc) is 2.67. The average molecular weight is 370 g/mol. The number of nitrogens with zero attached hydrogens (tertiary/aromatic N) is 1. The van der Waals surface area contributed by atoms with Crippen molar-refractivity contribution in [1.29, 1.82) is 0 Å². The van der Waals surface area contributed by atoms with Crippen LogP contribution in [0.4, 0.5) is 5.69 Å². The summed E-state index contributed by atoms with van der Waals surface area (Å²) in [7, 11) is 0. The monoisotopic (exact) mass is 370 g/mol. The molecule has 0 heterocycles. The van der Waals surface area contributed by atoms with Crippen LogP contribution in [0.5, 0.6) is 0 Å². The smallest absolute Gasteiger partial charge is 0.306 e. The number of primary amides is 1. The Morgan fingerprint density at radius 3 is 2.11 bits per heavy atom. The number of rotatable bonds is 9. The minimum Gasteiger partial charge on any atom is -0.481 e. The van der Waals surface area contributed by atoms with Crippen LogP contribution in [0.2, 0.25) is 0 Å². The maximum absolute atomic E-state index is 13.0. The van der Waals surface area contributed by atoms with Gasteiger partial charge in [0.1, 0.15) is 12.5 Å². The van der Waals surface area contributed by atoms with E-state index in [0.29, 0.717) is 5.69 Å². The number of amides is 2. The van der Waals surface area contributed by atoms with Gasteiger partial charge >= 0.3 is 5.97 Å². The molecule has 7 heteroatoms. The van der Waals surface area contributed by atoms with Crippen LogP contribution < -0.4 is 10.8 Å². The minimum atomic E-state index is -1.31. The van der Waals surface area contributed by atoms with E-state index >= 15 is 0 Å². The number of hydrogen-bond acceptors (Lipinski definition) is 4. The highest BCUT2D eigenvalue weighted by molar-refractivity contribution is 6.06. The molecule has 3 N–H and O–H groups in total. The van der Waals surface area contributed by atoms with E-state index in [9.17, 15) is 14.4 Å². The van der Waals surface area contributed by atoms with Crippen LogP contribution in [0, 0.1) is 11.8 Å². The molecule has 0 saturated carbocycles. The van der Waals surface area contributed by atoms with Crippen molar-refractivity contribution < 1.29 is 24.3 Å². The van der Waals surface area contributed by atoms with E-state index in [1.54, 1.807) is 30.3 Å². The second-order valence-electron chi connectivity index (χ2n) is 6.16. The van der Waals surface area contributed by atoms with Crippen molar-refractivity contribution in [1.82, 2.24) is 0 Å². The van der Waals surface area contributed by atoms with Crippen LogP contribution in [0.3, 0.4) is 0 Å². The Labute approximate surface area is 157 Å². The van der Waals surface area contributed by atoms with Gasteiger partial charge in [0.2, 0.25) is 5.91 Å². The molecule has 0 bridgehead atoms. The fourth-order valence-electron chi connectivity index (χ4n) is 2.48. The van der Waals surface area contributed by atoms with Gasteiger partial charge in [-0.3, -0.25) is 19.2 Å². The Hall–Kier alpha value is -3.19. The summed E-state index contributed by atoms with van der Waals surface area (Å²) < 4.78 is 0. The Kier molecular flexibility index (Phi) is 7.08. The predicted octanol–water partition coefficient (Wildman–Crippen LogP) is 2.36. The number of nitrogens with two attached hydrogens (primary N) is 1. The van der Waals surface area contributed by atoms with Gasteiger partial charge < -0.3 is 10.8 Å². The largest absolute Gasteiger partial charge is 0.481 e. The Morgan fingerprint density at radius 2 is 1.59 bits per heavy atom. The van der Waals surface area contributed by atoms with Crippen LogP contribution >= 0.6 is 0 Å². The lowest BCUT2D eigenvalue weighted by Crippen LogP contribution is -2.43. The second kappa shape index (κ2) is 9.49. The van der Waals surface area contributed by atoms with E-state index in [-0.39, 0.29) is 13.0 Å². The molecule has 0 radical (unpaired) electrons. The molecule has 2 aromatic rings. The molecule has 2 aromatic carbocycles. The number of carbonyl (C=O) groups excluding carboxylic acids is 2. The zero-order valence-electron chi connectivity index (χ0n) is 14.9. The molecule has 0 aliphatic rings. The molecule has 2 atom stereocenters. The van der Waals surface area contributed by atoms with E-state index in [1.165, 1.54) is 6.92 Å². The molecule has 0 aromatic heterocycles. The quantitative estimate of drug-likeness (QED) is 0.520. The SMILES string of the molecule is C[C@@H](CC(C(N)=O)C(=O)N(OCc1ccccc1)c1ccccc1)C(=O)O. The number of aliphatic carboxylic acids is 1. The van der Waals surface area contributed by atoms with Crippen molar-refractivity contribution in [2.45, 2.75) is 20.0 Å². The van der Waals surface area contributed by atoms with Crippen LogP contribution in [-0.2, 0) is 25.8 Å². The number of benzene rings is 2. The molecule has 27 heavy (non-hydrogen) atoms. The molecule has 0 fully saturated rings. The third-order valence-corrected chi connectivity index (χ3v) is 4.05. The molecule has 0 aliphatic carbocycles. The highest BCUT2D eigenvalue weighted by Gasteiger charge is 2.33. The summed E-state index contributed by atoms with van der Waals surface area (Å²) in [6.07, 6.45) is -0.207. The third kappa shape index (κ3) is 5.65. The Bertz CT molecular complexity index is 779. The summed E-state index contributed by atoms with van der Waals surface area (Å²) in [4.78, 5) is 41.6. The third-order valence-electron chi connectivity index (χ3n) is 4.05. The molecule has 7 nitrogen and oxygen atoms in total. The summed E-state index contributed by atoms with van der Waals surface area (Å²) in [6, 6.07) is 17.8. The molecule has 142 valence electrons. The standard InChI is InChI=1S/C20H22N2O5/c1-14(20(25)26)12-17(18(21)23)19(24)22(16-10-6-3-7-11-16)27-13-15-8-4-2-5-9-15/h2-11,14,17H,12-13H2,1H3,(H2,21,23)(H,25,26)/t14-,17?/m0/s1. The number of carbonyl (C=O) groups is 3. The van der Waals surface area contributed by atoms with Gasteiger partial charge in [-0.15, -0.1) is 0 Å². The lowest BCUT2D eigenvalue weighted by Gasteiger charge is -2.26. The number of para-hydroxylation sites is 1. The summed E-state index contributed by atoms with van der Waals surface area (Å²) >= 11 is 0. The first-order valence-electron chi connectivity index (χ1n) is 8.48. The van der Waals surface area contributed by atoms with Crippen LogP contribution in [0.15, 0.2) is 60.7 Å². The normalized spacial score (nSPS) is 12.8. The van der Waals surface area contributed by atoms with Crippen molar-refractivity contribution in [2.75, 3.05) is 5.06 Å². The van der Waals surface area contributed by atoms with Gasteiger partial charge in [0, 0.05) is 0 Å². The van der Waals surface area contributed by atoms with Crippen molar-refractivity contribution >= 4 is 23.5 Å². The molecule has 2 amide bonds. The van der Waals surface area contributed by atoms with Crippen LogP contribution in [0.1, 0.15) is 18.9 Å². The van der Waals surface area contributed by atoms with Gasteiger partial charge in [-0.1, -0.05) is 55.5 Å². The van der Waals surface area contributed by atoms with E-state index in [0.717, 1.165) is 10.6 Å².